The maximum atomic E-state index is 10.6. The lowest BCUT2D eigenvalue weighted by Gasteiger charge is -2.34. The molecule has 13 heavy (non-hydrogen) atoms. The van der Waals surface area contributed by atoms with Gasteiger partial charge in [0.05, 0.1) is 6.04 Å². The first-order valence-electron chi connectivity index (χ1n) is 4.58. The molecule has 1 fully saturated rings. The molecule has 0 aliphatic heterocycles. The van der Waals surface area contributed by atoms with Gasteiger partial charge in [-0.2, -0.15) is 0 Å². The normalized spacial score (nSPS) is 40.2. The lowest BCUT2D eigenvalue weighted by atomic mass is 9.75. The molecule has 3 N–H and O–H groups in total. The summed E-state index contributed by atoms with van der Waals surface area (Å²) < 4.78 is 0. The molecule has 0 aromatic carbocycles. The molecule has 4 unspecified atom stereocenters. The van der Waals surface area contributed by atoms with Gasteiger partial charge in [-0.3, -0.25) is 10.1 Å². The summed E-state index contributed by atoms with van der Waals surface area (Å²) in [6, 6.07) is -1.17. The maximum absolute atomic E-state index is 10.6. The van der Waals surface area contributed by atoms with E-state index in [4.69, 9.17) is 10.8 Å². The molecule has 0 saturated heterocycles. The molecule has 4 atom stereocenters. The molecule has 0 aromatic rings. The number of hydrogen-bond donors (Lipinski definition) is 2. The summed E-state index contributed by atoms with van der Waals surface area (Å²) in [4.78, 5) is 10.3. The summed E-state index contributed by atoms with van der Waals surface area (Å²) in [6.45, 7) is 1.93. The van der Waals surface area contributed by atoms with Crippen molar-refractivity contribution in [2.75, 3.05) is 6.61 Å². The Bertz CT molecular complexity index is 198. The quantitative estimate of drug-likeness (QED) is 0.471. The first kappa shape index (κ1) is 10.4. The molecule has 5 heteroatoms. The van der Waals surface area contributed by atoms with Gasteiger partial charge in [-0.1, -0.05) is 6.92 Å². The Balaban J connectivity index is 2.69. The molecule has 1 rings (SSSR count). The van der Waals surface area contributed by atoms with E-state index in [0.29, 0.717) is 6.42 Å². The molecule has 0 spiro atoms. The van der Waals surface area contributed by atoms with Crippen LogP contribution in [-0.2, 0) is 0 Å². The topological polar surface area (TPSA) is 89.4 Å². The van der Waals surface area contributed by atoms with Crippen LogP contribution in [0, 0.1) is 22.0 Å². The molecule has 0 amide bonds. The van der Waals surface area contributed by atoms with Crippen molar-refractivity contribution in [3.8, 4) is 0 Å². The van der Waals surface area contributed by atoms with E-state index in [9.17, 15) is 10.1 Å². The maximum Gasteiger partial charge on any atom is 0.228 e. The number of aliphatic hydroxyl groups is 1. The van der Waals surface area contributed by atoms with Crippen LogP contribution >= 0.6 is 0 Å². The van der Waals surface area contributed by atoms with Gasteiger partial charge in [0, 0.05) is 23.9 Å². The predicted octanol–water partition coefficient (Wildman–Crippen LogP) is -0.00260. The van der Waals surface area contributed by atoms with Crippen molar-refractivity contribution in [3.05, 3.63) is 10.1 Å². The molecule has 1 aliphatic carbocycles. The number of nitrogens with two attached hydrogens (primary N) is 1. The first-order chi connectivity index (χ1) is 6.07. The SMILES string of the molecule is CC1CCC([N+](=O)[O-])C(N)C1CO. The largest absolute Gasteiger partial charge is 0.396 e. The van der Waals surface area contributed by atoms with Crippen molar-refractivity contribution in [3.63, 3.8) is 0 Å². The monoisotopic (exact) mass is 188 g/mol. The van der Waals surface area contributed by atoms with Gasteiger partial charge in [-0.05, 0) is 12.3 Å². The first-order valence-corrected chi connectivity index (χ1v) is 4.58. The van der Waals surface area contributed by atoms with Gasteiger partial charge in [-0.15, -0.1) is 0 Å². The Morgan fingerprint density at radius 3 is 2.69 bits per heavy atom. The zero-order valence-electron chi connectivity index (χ0n) is 7.72. The number of hydrogen-bond acceptors (Lipinski definition) is 4. The second-order valence-corrected chi connectivity index (χ2v) is 3.83. The fraction of sp³-hybridized carbons (Fsp3) is 1.00. The van der Waals surface area contributed by atoms with Crippen molar-refractivity contribution in [2.24, 2.45) is 17.6 Å². The summed E-state index contributed by atoms with van der Waals surface area (Å²) in [7, 11) is 0. The van der Waals surface area contributed by atoms with E-state index in [-0.39, 0.29) is 23.4 Å². The molecule has 0 heterocycles. The minimum atomic E-state index is -0.673. The number of nitrogens with zero attached hydrogens (tertiary/aromatic N) is 1. The molecular weight excluding hydrogens is 172 g/mol. The van der Waals surface area contributed by atoms with E-state index in [2.05, 4.69) is 0 Å². The van der Waals surface area contributed by atoms with Gasteiger partial charge in [0.15, 0.2) is 0 Å². The van der Waals surface area contributed by atoms with Gasteiger partial charge in [0.1, 0.15) is 0 Å². The lowest BCUT2D eigenvalue weighted by Crippen LogP contribution is -2.52. The molecule has 76 valence electrons. The van der Waals surface area contributed by atoms with Crippen LogP contribution < -0.4 is 5.73 Å². The highest BCUT2D eigenvalue weighted by Gasteiger charge is 2.41. The molecule has 1 aliphatic rings. The Labute approximate surface area is 77.1 Å². The van der Waals surface area contributed by atoms with Crippen LogP contribution in [0.2, 0.25) is 0 Å². The molecule has 0 bridgehead atoms. The second kappa shape index (κ2) is 4.02. The van der Waals surface area contributed by atoms with Crippen molar-refractivity contribution < 1.29 is 10.0 Å². The highest BCUT2D eigenvalue weighted by atomic mass is 16.6. The van der Waals surface area contributed by atoms with Gasteiger partial charge < -0.3 is 10.8 Å². The van der Waals surface area contributed by atoms with E-state index in [0.717, 1.165) is 6.42 Å². The molecular formula is C8H16N2O3. The fourth-order valence-electron chi connectivity index (χ4n) is 2.05. The van der Waals surface area contributed by atoms with Crippen molar-refractivity contribution >= 4 is 0 Å². The van der Waals surface area contributed by atoms with Gasteiger partial charge in [0.25, 0.3) is 0 Å². The van der Waals surface area contributed by atoms with Crippen LogP contribution in [0.5, 0.6) is 0 Å². The minimum Gasteiger partial charge on any atom is -0.396 e. The Kier molecular flexibility index (Phi) is 3.22. The molecule has 1 saturated carbocycles. The van der Waals surface area contributed by atoms with Crippen LogP contribution in [0.25, 0.3) is 0 Å². The third-order valence-electron chi connectivity index (χ3n) is 3.07. The van der Waals surface area contributed by atoms with Crippen LogP contribution in [0.15, 0.2) is 0 Å². The summed E-state index contributed by atoms with van der Waals surface area (Å²) in [6.07, 6.45) is 1.32. The summed E-state index contributed by atoms with van der Waals surface area (Å²) >= 11 is 0. The van der Waals surface area contributed by atoms with Crippen molar-refractivity contribution in [2.45, 2.75) is 31.8 Å². The third-order valence-corrected chi connectivity index (χ3v) is 3.07. The Hall–Kier alpha value is -0.680. The van der Waals surface area contributed by atoms with Crippen LogP contribution in [-0.4, -0.2) is 28.7 Å². The molecule has 0 radical (unpaired) electrons. The number of rotatable bonds is 2. The van der Waals surface area contributed by atoms with Crippen LogP contribution in [0.1, 0.15) is 19.8 Å². The van der Waals surface area contributed by atoms with Crippen LogP contribution in [0.4, 0.5) is 0 Å². The van der Waals surface area contributed by atoms with E-state index < -0.39 is 12.1 Å². The average molecular weight is 188 g/mol. The summed E-state index contributed by atoms with van der Waals surface area (Å²) in [5.74, 6) is 0.167. The van der Waals surface area contributed by atoms with E-state index in [1.807, 2.05) is 6.92 Å². The van der Waals surface area contributed by atoms with Crippen molar-refractivity contribution in [1.29, 1.82) is 0 Å². The predicted molar refractivity (Wildman–Crippen MR) is 47.7 cm³/mol. The number of nitro groups is 1. The van der Waals surface area contributed by atoms with E-state index in [1.54, 1.807) is 0 Å². The molecule has 5 nitrogen and oxygen atoms in total. The Morgan fingerprint density at radius 2 is 2.23 bits per heavy atom. The second-order valence-electron chi connectivity index (χ2n) is 3.83. The standard InChI is InChI=1S/C8H16N2O3/c1-5-2-3-7(10(12)13)8(9)6(5)4-11/h5-8,11H,2-4,9H2,1H3. The van der Waals surface area contributed by atoms with Crippen LogP contribution in [0.3, 0.4) is 0 Å². The van der Waals surface area contributed by atoms with E-state index >= 15 is 0 Å². The summed E-state index contributed by atoms with van der Waals surface area (Å²) in [5.41, 5.74) is 5.72. The zero-order chi connectivity index (χ0) is 10.0. The minimum absolute atomic E-state index is 0.0489. The molecule has 0 aromatic heterocycles. The summed E-state index contributed by atoms with van der Waals surface area (Å²) in [5, 5.41) is 19.6. The van der Waals surface area contributed by atoms with Gasteiger partial charge in [0.2, 0.25) is 6.04 Å². The van der Waals surface area contributed by atoms with E-state index in [1.165, 1.54) is 0 Å². The average Bonchev–Trinajstić information content (AvgIpc) is 2.04. The Morgan fingerprint density at radius 1 is 1.62 bits per heavy atom. The fourth-order valence-corrected chi connectivity index (χ4v) is 2.05. The zero-order valence-corrected chi connectivity index (χ0v) is 7.72. The highest BCUT2D eigenvalue weighted by molar-refractivity contribution is 4.88. The third kappa shape index (κ3) is 1.97. The highest BCUT2D eigenvalue weighted by Crippen LogP contribution is 2.29. The van der Waals surface area contributed by atoms with Crippen molar-refractivity contribution in [1.82, 2.24) is 0 Å². The number of aliphatic hydroxyl groups excluding tert-OH is 1. The smallest absolute Gasteiger partial charge is 0.228 e. The lowest BCUT2D eigenvalue weighted by molar-refractivity contribution is -0.531. The van der Waals surface area contributed by atoms with Gasteiger partial charge in [-0.25, -0.2) is 0 Å². The van der Waals surface area contributed by atoms with Gasteiger partial charge >= 0.3 is 0 Å².